The zero-order valence-electron chi connectivity index (χ0n) is 13.7. The molecule has 2 aromatic rings. The molecule has 0 amide bonds. The maximum absolute atomic E-state index is 4.69. The minimum Gasteiger partial charge on any atom is -0.309 e. The van der Waals surface area contributed by atoms with Crippen LogP contribution in [0.2, 0.25) is 0 Å². The number of hydrogen-bond donors (Lipinski definition) is 1. The highest BCUT2D eigenvalue weighted by Gasteiger charge is 2.18. The zero-order chi connectivity index (χ0) is 15.2. The van der Waals surface area contributed by atoms with Crippen molar-refractivity contribution in [1.82, 2.24) is 15.1 Å². The van der Waals surface area contributed by atoms with E-state index in [1.807, 2.05) is 0 Å². The van der Waals surface area contributed by atoms with Crippen molar-refractivity contribution in [1.29, 1.82) is 0 Å². The van der Waals surface area contributed by atoms with Crippen molar-refractivity contribution in [3.63, 3.8) is 0 Å². The third kappa shape index (κ3) is 3.73. The van der Waals surface area contributed by atoms with Crippen LogP contribution in [-0.4, -0.2) is 16.3 Å². The van der Waals surface area contributed by atoms with Crippen LogP contribution in [0, 0.1) is 6.92 Å². The highest BCUT2D eigenvalue weighted by Crippen LogP contribution is 2.22. The fourth-order valence-electron chi connectivity index (χ4n) is 2.78. The van der Waals surface area contributed by atoms with E-state index in [1.165, 1.54) is 22.5 Å². The van der Waals surface area contributed by atoms with Crippen molar-refractivity contribution in [3.05, 3.63) is 52.8 Å². The molecule has 21 heavy (non-hydrogen) atoms. The molecule has 1 aromatic carbocycles. The average Bonchev–Trinajstić information content (AvgIpc) is 2.92. The van der Waals surface area contributed by atoms with Crippen molar-refractivity contribution in [2.24, 2.45) is 0 Å². The fourth-order valence-corrected chi connectivity index (χ4v) is 2.78. The van der Waals surface area contributed by atoms with Crippen molar-refractivity contribution >= 4 is 0 Å². The average molecular weight is 285 g/mol. The van der Waals surface area contributed by atoms with Gasteiger partial charge in [0.05, 0.1) is 17.4 Å². The summed E-state index contributed by atoms with van der Waals surface area (Å²) in [6, 6.07) is 11.2. The molecule has 0 spiro atoms. The monoisotopic (exact) mass is 285 g/mol. The molecule has 0 bridgehead atoms. The predicted octanol–water partition coefficient (Wildman–Crippen LogP) is 3.67. The first-order chi connectivity index (χ1) is 10.2. The lowest BCUT2D eigenvalue weighted by Crippen LogP contribution is -2.26. The van der Waals surface area contributed by atoms with E-state index >= 15 is 0 Å². The Morgan fingerprint density at radius 1 is 1.19 bits per heavy atom. The van der Waals surface area contributed by atoms with Gasteiger partial charge in [-0.2, -0.15) is 5.10 Å². The number of nitrogens with zero attached hydrogens (tertiary/aromatic N) is 2. The van der Waals surface area contributed by atoms with Gasteiger partial charge in [0.1, 0.15) is 0 Å². The molecule has 0 radical (unpaired) electrons. The van der Waals surface area contributed by atoms with Crippen molar-refractivity contribution < 1.29 is 0 Å². The van der Waals surface area contributed by atoms with Gasteiger partial charge in [-0.1, -0.05) is 38.1 Å². The largest absolute Gasteiger partial charge is 0.309 e. The number of rotatable bonds is 7. The summed E-state index contributed by atoms with van der Waals surface area (Å²) in [5.74, 6) is 0. The smallest absolute Gasteiger partial charge is 0.0625 e. The van der Waals surface area contributed by atoms with Gasteiger partial charge in [0, 0.05) is 6.54 Å². The number of benzene rings is 1. The molecule has 1 atom stereocenters. The lowest BCUT2D eigenvalue weighted by Gasteiger charge is -2.20. The van der Waals surface area contributed by atoms with E-state index in [0.717, 1.165) is 25.9 Å². The third-order valence-corrected chi connectivity index (χ3v) is 4.02. The molecule has 0 fully saturated rings. The van der Waals surface area contributed by atoms with E-state index in [-0.39, 0.29) is 0 Å². The van der Waals surface area contributed by atoms with E-state index < -0.39 is 0 Å². The molecule has 1 N–H and O–H groups in total. The molecule has 1 aromatic heterocycles. The lowest BCUT2D eigenvalue weighted by atomic mass is 9.99. The molecule has 0 saturated carbocycles. The van der Waals surface area contributed by atoms with Crippen molar-refractivity contribution in [2.75, 3.05) is 6.54 Å². The number of likely N-dealkylation sites (N-methyl/N-ethyl adjacent to an activating group) is 1. The second-order valence-corrected chi connectivity index (χ2v) is 5.47. The highest BCUT2D eigenvalue weighted by atomic mass is 15.3. The third-order valence-electron chi connectivity index (χ3n) is 4.02. The Balaban J connectivity index is 2.30. The van der Waals surface area contributed by atoms with Crippen molar-refractivity contribution in [3.8, 4) is 0 Å². The van der Waals surface area contributed by atoms with Crippen LogP contribution in [0.3, 0.4) is 0 Å². The molecule has 114 valence electrons. The number of aryl methyl sites for hydroxylation is 3. The van der Waals surface area contributed by atoms with Gasteiger partial charge in [-0.05, 0) is 50.4 Å². The summed E-state index contributed by atoms with van der Waals surface area (Å²) < 4.78 is 2.14. The van der Waals surface area contributed by atoms with Crippen LogP contribution in [0.1, 0.15) is 49.3 Å². The molecule has 0 aliphatic carbocycles. The van der Waals surface area contributed by atoms with Gasteiger partial charge < -0.3 is 5.32 Å². The number of aromatic nitrogens is 2. The van der Waals surface area contributed by atoms with Gasteiger partial charge in [-0.3, -0.25) is 4.68 Å². The minimum absolute atomic E-state index is 0.323. The molecule has 0 aliphatic heterocycles. The molecule has 2 rings (SSSR count). The molecule has 3 nitrogen and oxygen atoms in total. The second kappa shape index (κ2) is 7.41. The normalized spacial score (nSPS) is 12.6. The lowest BCUT2D eigenvalue weighted by molar-refractivity contribution is 0.489. The Morgan fingerprint density at radius 2 is 1.95 bits per heavy atom. The Morgan fingerprint density at radius 3 is 2.57 bits per heavy atom. The summed E-state index contributed by atoms with van der Waals surface area (Å²) in [7, 11) is 0. The Hall–Kier alpha value is -1.61. The highest BCUT2D eigenvalue weighted by molar-refractivity contribution is 5.28. The van der Waals surface area contributed by atoms with Crippen LogP contribution in [-0.2, 0) is 19.4 Å². The van der Waals surface area contributed by atoms with Crippen LogP contribution in [0.5, 0.6) is 0 Å². The summed E-state index contributed by atoms with van der Waals surface area (Å²) in [6.45, 7) is 10.6. The first-order valence-electron chi connectivity index (χ1n) is 8.04. The molecular weight excluding hydrogens is 258 g/mol. The second-order valence-electron chi connectivity index (χ2n) is 5.47. The van der Waals surface area contributed by atoms with Crippen LogP contribution >= 0.6 is 0 Å². The number of nitrogens with one attached hydrogen (secondary N) is 1. The molecule has 3 heteroatoms. The topological polar surface area (TPSA) is 29.9 Å². The number of hydrogen-bond acceptors (Lipinski definition) is 2. The molecular formula is C18H27N3. The van der Waals surface area contributed by atoms with E-state index in [2.05, 4.69) is 68.0 Å². The van der Waals surface area contributed by atoms with E-state index in [4.69, 9.17) is 5.10 Å². The van der Waals surface area contributed by atoms with Crippen LogP contribution in [0.4, 0.5) is 0 Å². The molecule has 0 saturated heterocycles. The Labute approximate surface area is 128 Å². The van der Waals surface area contributed by atoms with Gasteiger partial charge in [0.25, 0.3) is 0 Å². The summed E-state index contributed by atoms with van der Waals surface area (Å²) in [4.78, 5) is 0. The maximum Gasteiger partial charge on any atom is 0.0625 e. The van der Waals surface area contributed by atoms with Crippen molar-refractivity contribution in [2.45, 2.75) is 53.1 Å². The Bertz CT molecular complexity index is 572. The summed E-state index contributed by atoms with van der Waals surface area (Å²) in [5.41, 5.74) is 5.25. The van der Waals surface area contributed by atoms with Gasteiger partial charge in [0.15, 0.2) is 0 Å². The van der Waals surface area contributed by atoms with Gasteiger partial charge >= 0.3 is 0 Å². The van der Waals surface area contributed by atoms with E-state index in [1.54, 1.807) is 0 Å². The quantitative estimate of drug-likeness (QED) is 0.841. The first kappa shape index (κ1) is 15.8. The van der Waals surface area contributed by atoms with Crippen LogP contribution < -0.4 is 5.32 Å². The summed E-state index contributed by atoms with van der Waals surface area (Å²) in [6.07, 6.45) is 2.00. The standard InChI is InChI=1S/C18H27N3/c1-5-16-13-18(21(7-3)20-16)17(19-6-2)12-15-11-9-8-10-14(15)4/h8-11,13,17,19H,5-7,12H2,1-4H3. The van der Waals surface area contributed by atoms with Gasteiger partial charge in [0.2, 0.25) is 0 Å². The van der Waals surface area contributed by atoms with E-state index in [9.17, 15) is 0 Å². The summed E-state index contributed by atoms with van der Waals surface area (Å²) in [5, 5.41) is 8.32. The van der Waals surface area contributed by atoms with Crippen LogP contribution in [0.15, 0.2) is 30.3 Å². The zero-order valence-corrected chi connectivity index (χ0v) is 13.7. The van der Waals surface area contributed by atoms with Gasteiger partial charge in [-0.25, -0.2) is 0 Å². The fraction of sp³-hybridized carbons (Fsp3) is 0.500. The van der Waals surface area contributed by atoms with Gasteiger partial charge in [-0.15, -0.1) is 0 Å². The molecule has 0 aliphatic rings. The molecule has 1 unspecified atom stereocenters. The predicted molar refractivity (Wildman–Crippen MR) is 88.6 cm³/mol. The maximum atomic E-state index is 4.69. The first-order valence-corrected chi connectivity index (χ1v) is 8.04. The minimum atomic E-state index is 0.323. The molecule has 1 heterocycles. The Kier molecular flexibility index (Phi) is 5.57. The SMILES string of the molecule is CCNC(Cc1ccccc1C)c1cc(CC)nn1CC. The van der Waals surface area contributed by atoms with Crippen LogP contribution in [0.25, 0.3) is 0 Å². The summed E-state index contributed by atoms with van der Waals surface area (Å²) >= 11 is 0. The van der Waals surface area contributed by atoms with E-state index in [0.29, 0.717) is 6.04 Å².